The van der Waals surface area contributed by atoms with E-state index in [-0.39, 0.29) is 18.1 Å². The van der Waals surface area contributed by atoms with E-state index >= 15 is 0 Å². The van der Waals surface area contributed by atoms with E-state index in [9.17, 15) is 8.42 Å². The largest absolute Gasteiger partial charge is 0.395 e. The van der Waals surface area contributed by atoms with E-state index in [2.05, 4.69) is 0 Å². The number of hydrogen-bond acceptors (Lipinski definition) is 4. The van der Waals surface area contributed by atoms with Crippen LogP contribution in [0.15, 0.2) is 0 Å². The molecule has 0 heterocycles. The summed E-state index contributed by atoms with van der Waals surface area (Å²) in [6, 6.07) is -0.634. The van der Waals surface area contributed by atoms with E-state index in [4.69, 9.17) is 10.8 Å². The summed E-state index contributed by atoms with van der Waals surface area (Å²) in [6.07, 6.45) is 0. The van der Waals surface area contributed by atoms with Crippen molar-refractivity contribution in [3.63, 3.8) is 0 Å². The molecule has 0 aliphatic rings. The number of sulfone groups is 1. The molecule has 10 heavy (non-hydrogen) atoms. The lowest BCUT2D eigenvalue weighted by Crippen LogP contribution is -2.33. The molecule has 62 valence electrons. The molecule has 0 rings (SSSR count). The molecule has 0 spiro atoms. The molecule has 5 heteroatoms. The standard InChI is InChI=1S/C5H13NO3S/c1-2-10(8,9)4-5(6)3-7/h5,7H,2-4,6H2,1H3/t5-/m0/s1. The molecule has 0 aromatic carbocycles. The minimum atomic E-state index is -3.02. The second-order valence-corrected chi connectivity index (χ2v) is 4.54. The third-order valence-electron chi connectivity index (χ3n) is 1.14. The molecule has 0 aromatic rings. The topological polar surface area (TPSA) is 80.4 Å². The van der Waals surface area contributed by atoms with Crippen LogP contribution in [0.5, 0.6) is 0 Å². The number of aliphatic hydroxyl groups excluding tert-OH is 1. The first kappa shape index (κ1) is 9.87. The van der Waals surface area contributed by atoms with Crippen LogP contribution in [-0.2, 0) is 9.84 Å². The first-order chi connectivity index (χ1) is 4.52. The summed E-state index contributed by atoms with van der Waals surface area (Å²) in [4.78, 5) is 0. The van der Waals surface area contributed by atoms with Gasteiger partial charge in [-0.15, -0.1) is 0 Å². The minimum absolute atomic E-state index is 0.0840. The average Bonchev–Trinajstić information content (AvgIpc) is 1.87. The molecule has 0 aliphatic carbocycles. The highest BCUT2D eigenvalue weighted by Gasteiger charge is 2.12. The Bertz CT molecular complexity index is 175. The van der Waals surface area contributed by atoms with Crippen LogP contribution < -0.4 is 5.73 Å². The molecule has 0 aliphatic heterocycles. The molecule has 0 amide bonds. The smallest absolute Gasteiger partial charge is 0.151 e. The maximum absolute atomic E-state index is 10.8. The van der Waals surface area contributed by atoms with Crippen LogP contribution in [0.25, 0.3) is 0 Å². The van der Waals surface area contributed by atoms with E-state index in [0.29, 0.717) is 0 Å². The van der Waals surface area contributed by atoms with Crippen molar-refractivity contribution in [3.05, 3.63) is 0 Å². The molecule has 0 aromatic heterocycles. The lowest BCUT2D eigenvalue weighted by Gasteiger charge is -2.06. The number of rotatable bonds is 4. The summed E-state index contributed by atoms with van der Waals surface area (Å²) in [7, 11) is -3.02. The van der Waals surface area contributed by atoms with Crippen LogP contribution in [0.2, 0.25) is 0 Å². The molecular formula is C5H13NO3S. The Balaban J connectivity index is 3.90. The predicted molar refractivity (Wildman–Crippen MR) is 39.4 cm³/mol. The Kier molecular flexibility index (Phi) is 3.85. The van der Waals surface area contributed by atoms with Gasteiger partial charge < -0.3 is 10.8 Å². The fraction of sp³-hybridized carbons (Fsp3) is 1.00. The van der Waals surface area contributed by atoms with Crippen LogP contribution in [0.1, 0.15) is 6.92 Å². The maximum atomic E-state index is 10.8. The summed E-state index contributed by atoms with van der Waals surface area (Å²) in [5, 5.41) is 8.40. The van der Waals surface area contributed by atoms with Gasteiger partial charge >= 0.3 is 0 Å². The lowest BCUT2D eigenvalue weighted by atomic mass is 10.4. The fourth-order valence-electron chi connectivity index (χ4n) is 0.497. The van der Waals surface area contributed by atoms with E-state index in [1.807, 2.05) is 0 Å². The summed E-state index contributed by atoms with van der Waals surface area (Å²) >= 11 is 0. The van der Waals surface area contributed by atoms with Gasteiger partial charge in [-0.1, -0.05) is 6.92 Å². The monoisotopic (exact) mass is 167 g/mol. The molecular weight excluding hydrogens is 154 g/mol. The van der Waals surface area contributed by atoms with Crippen LogP contribution >= 0.6 is 0 Å². The highest BCUT2D eigenvalue weighted by molar-refractivity contribution is 7.91. The van der Waals surface area contributed by atoms with Gasteiger partial charge in [-0.3, -0.25) is 0 Å². The van der Waals surface area contributed by atoms with Crippen molar-refractivity contribution >= 4 is 9.84 Å². The Morgan fingerprint density at radius 1 is 1.60 bits per heavy atom. The molecule has 3 N–H and O–H groups in total. The summed E-state index contributed by atoms with van der Waals surface area (Å²) in [5.41, 5.74) is 5.21. The molecule has 0 bridgehead atoms. The second-order valence-electron chi connectivity index (χ2n) is 2.14. The van der Waals surface area contributed by atoms with Crippen LogP contribution in [-0.4, -0.2) is 37.7 Å². The number of nitrogens with two attached hydrogens (primary N) is 1. The van der Waals surface area contributed by atoms with E-state index in [1.54, 1.807) is 6.92 Å². The Labute approximate surface area is 61.0 Å². The highest BCUT2D eigenvalue weighted by Crippen LogP contribution is 1.91. The zero-order chi connectivity index (χ0) is 8.20. The van der Waals surface area contributed by atoms with E-state index in [1.165, 1.54) is 0 Å². The van der Waals surface area contributed by atoms with Crippen molar-refractivity contribution in [2.24, 2.45) is 5.73 Å². The molecule has 0 fully saturated rings. The second kappa shape index (κ2) is 3.90. The van der Waals surface area contributed by atoms with Gasteiger partial charge in [0.25, 0.3) is 0 Å². The Morgan fingerprint density at radius 2 is 2.10 bits per heavy atom. The highest BCUT2D eigenvalue weighted by atomic mass is 32.2. The van der Waals surface area contributed by atoms with Gasteiger partial charge in [-0.25, -0.2) is 8.42 Å². The third kappa shape index (κ3) is 3.81. The molecule has 0 saturated heterocycles. The SMILES string of the molecule is CCS(=O)(=O)C[C@@H](N)CO. The van der Waals surface area contributed by atoms with Crippen molar-refractivity contribution in [2.75, 3.05) is 18.1 Å². The summed E-state index contributed by atoms with van der Waals surface area (Å²) in [5.74, 6) is -0.0410. The molecule has 4 nitrogen and oxygen atoms in total. The van der Waals surface area contributed by atoms with Crippen molar-refractivity contribution < 1.29 is 13.5 Å². The van der Waals surface area contributed by atoms with Crippen molar-refractivity contribution in [1.29, 1.82) is 0 Å². The van der Waals surface area contributed by atoms with Gasteiger partial charge in [0, 0.05) is 11.8 Å². The number of hydrogen-bond donors (Lipinski definition) is 2. The minimum Gasteiger partial charge on any atom is -0.395 e. The zero-order valence-electron chi connectivity index (χ0n) is 5.95. The zero-order valence-corrected chi connectivity index (χ0v) is 6.76. The molecule has 1 atom stereocenters. The van der Waals surface area contributed by atoms with E-state index < -0.39 is 15.9 Å². The summed E-state index contributed by atoms with van der Waals surface area (Å²) in [6.45, 7) is 1.28. The quantitative estimate of drug-likeness (QED) is 0.547. The average molecular weight is 167 g/mol. The fourth-order valence-corrected chi connectivity index (χ4v) is 1.49. The summed E-state index contributed by atoms with van der Waals surface area (Å²) < 4.78 is 21.6. The molecule has 0 radical (unpaired) electrons. The maximum Gasteiger partial charge on any atom is 0.151 e. The van der Waals surface area contributed by atoms with Crippen molar-refractivity contribution in [1.82, 2.24) is 0 Å². The predicted octanol–water partition coefficient (Wildman–Crippen LogP) is -1.26. The van der Waals surface area contributed by atoms with Gasteiger partial charge in [0.2, 0.25) is 0 Å². The molecule has 0 saturated carbocycles. The van der Waals surface area contributed by atoms with Gasteiger partial charge in [0.15, 0.2) is 9.84 Å². The Hall–Kier alpha value is -0.130. The van der Waals surface area contributed by atoms with Gasteiger partial charge in [-0.05, 0) is 0 Å². The van der Waals surface area contributed by atoms with Gasteiger partial charge in [-0.2, -0.15) is 0 Å². The first-order valence-corrected chi connectivity index (χ1v) is 4.91. The van der Waals surface area contributed by atoms with Crippen LogP contribution in [0.3, 0.4) is 0 Å². The van der Waals surface area contributed by atoms with E-state index in [0.717, 1.165) is 0 Å². The van der Waals surface area contributed by atoms with Crippen LogP contribution in [0.4, 0.5) is 0 Å². The Morgan fingerprint density at radius 3 is 2.40 bits per heavy atom. The third-order valence-corrected chi connectivity index (χ3v) is 2.96. The van der Waals surface area contributed by atoms with Gasteiger partial charge in [0.1, 0.15) is 0 Å². The first-order valence-electron chi connectivity index (χ1n) is 3.08. The van der Waals surface area contributed by atoms with Crippen molar-refractivity contribution in [3.8, 4) is 0 Å². The number of aliphatic hydroxyl groups is 1. The van der Waals surface area contributed by atoms with Crippen LogP contribution in [0, 0.1) is 0 Å². The normalized spacial score (nSPS) is 15.1. The lowest BCUT2D eigenvalue weighted by molar-refractivity contribution is 0.274. The van der Waals surface area contributed by atoms with Gasteiger partial charge in [0.05, 0.1) is 12.4 Å². The van der Waals surface area contributed by atoms with Crippen molar-refractivity contribution in [2.45, 2.75) is 13.0 Å². The molecule has 0 unspecified atom stereocenters.